The van der Waals surface area contributed by atoms with Gasteiger partial charge in [0, 0.05) is 16.8 Å². The molecular formula is C60H43N. The SMILES string of the molecule is c1ccc(-c2ccc(-c3ccccc3N(c3ccc(-c4ccccc4-c4ccccc4)cc3)c3ccccc3-c3ccccc3-c3ccccc3-c3ccccc3)cc2)cc1. The fourth-order valence-corrected chi connectivity index (χ4v) is 8.62. The zero-order valence-electron chi connectivity index (χ0n) is 33.8. The van der Waals surface area contributed by atoms with E-state index >= 15 is 0 Å². The molecule has 1 nitrogen and oxygen atoms in total. The molecule has 288 valence electrons. The summed E-state index contributed by atoms with van der Waals surface area (Å²) in [6.45, 7) is 0. The highest BCUT2D eigenvalue weighted by Gasteiger charge is 2.22. The molecule has 0 spiro atoms. The van der Waals surface area contributed by atoms with Crippen LogP contribution in [-0.4, -0.2) is 0 Å². The minimum Gasteiger partial charge on any atom is -0.309 e. The lowest BCUT2D eigenvalue weighted by molar-refractivity contribution is 1.28. The first kappa shape index (κ1) is 37.3. The van der Waals surface area contributed by atoms with Gasteiger partial charge in [-0.05, 0) is 91.0 Å². The van der Waals surface area contributed by atoms with Gasteiger partial charge in [0.05, 0.1) is 11.4 Å². The van der Waals surface area contributed by atoms with Crippen LogP contribution in [0.2, 0.25) is 0 Å². The van der Waals surface area contributed by atoms with Gasteiger partial charge in [-0.3, -0.25) is 0 Å². The first-order valence-electron chi connectivity index (χ1n) is 20.9. The summed E-state index contributed by atoms with van der Waals surface area (Å²) in [4.78, 5) is 2.45. The number of benzene rings is 10. The van der Waals surface area contributed by atoms with Crippen molar-refractivity contribution in [1.29, 1.82) is 0 Å². The first-order valence-corrected chi connectivity index (χ1v) is 20.9. The van der Waals surface area contributed by atoms with Gasteiger partial charge < -0.3 is 4.90 Å². The van der Waals surface area contributed by atoms with E-state index in [9.17, 15) is 0 Å². The summed E-state index contributed by atoms with van der Waals surface area (Å²) in [6.07, 6.45) is 0. The van der Waals surface area contributed by atoms with Crippen molar-refractivity contribution in [3.8, 4) is 77.9 Å². The van der Waals surface area contributed by atoms with E-state index in [-0.39, 0.29) is 0 Å². The fraction of sp³-hybridized carbons (Fsp3) is 0. The average molecular weight is 778 g/mol. The van der Waals surface area contributed by atoms with Crippen molar-refractivity contribution < 1.29 is 0 Å². The van der Waals surface area contributed by atoms with Crippen molar-refractivity contribution >= 4 is 17.1 Å². The molecule has 0 aliphatic carbocycles. The Morgan fingerprint density at radius 2 is 0.426 bits per heavy atom. The van der Waals surface area contributed by atoms with E-state index < -0.39 is 0 Å². The van der Waals surface area contributed by atoms with Crippen molar-refractivity contribution in [2.45, 2.75) is 0 Å². The van der Waals surface area contributed by atoms with Crippen molar-refractivity contribution in [3.05, 3.63) is 261 Å². The van der Waals surface area contributed by atoms with Crippen LogP contribution in [0, 0.1) is 0 Å². The maximum atomic E-state index is 2.45. The highest BCUT2D eigenvalue weighted by atomic mass is 15.1. The Bertz CT molecular complexity index is 3040. The van der Waals surface area contributed by atoms with Crippen LogP contribution in [0.3, 0.4) is 0 Å². The minimum atomic E-state index is 1.07. The van der Waals surface area contributed by atoms with Crippen LogP contribution in [0.5, 0.6) is 0 Å². The quantitative estimate of drug-likeness (QED) is 0.134. The number of anilines is 3. The van der Waals surface area contributed by atoms with E-state index in [0.717, 1.165) is 33.8 Å². The van der Waals surface area contributed by atoms with E-state index in [4.69, 9.17) is 0 Å². The van der Waals surface area contributed by atoms with Gasteiger partial charge in [-0.25, -0.2) is 0 Å². The first-order chi connectivity index (χ1) is 30.3. The lowest BCUT2D eigenvalue weighted by Gasteiger charge is -2.30. The Kier molecular flexibility index (Phi) is 10.4. The summed E-state index contributed by atoms with van der Waals surface area (Å²) in [7, 11) is 0. The molecule has 10 aromatic carbocycles. The maximum Gasteiger partial charge on any atom is 0.0540 e. The third-order valence-corrected chi connectivity index (χ3v) is 11.6. The maximum absolute atomic E-state index is 2.45. The number of para-hydroxylation sites is 2. The predicted octanol–water partition coefficient (Wildman–Crippen LogP) is 16.8. The largest absolute Gasteiger partial charge is 0.309 e. The highest BCUT2D eigenvalue weighted by molar-refractivity contribution is 5.99. The zero-order chi connectivity index (χ0) is 40.8. The molecule has 0 saturated carbocycles. The van der Waals surface area contributed by atoms with E-state index in [0.29, 0.717) is 0 Å². The average Bonchev–Trinajstić information content (AvgIpc) is 3.35. The Balaban J connectivity index is 1.15. The molecule has 61 heavy (non-hydrogen) atoms. The van der Waals surface area contributed by atoms with Gasteiger partial charge in [-0.2, -0.15) is 0 Å². The van der Waals surface area contributed by atoms with E-state index in [1.165, 1.54) is 61.2 Å². The number of hydrogen-bond acceptors (Lipinski definition) is 1. The molecule has 0 heterocycles. The Labute approximate surface area is 359 Å². The van der Waals surface area contributed by atoms with Crippen LogP contribution in [0.25, 0.3) is 77.9 Å². The molecule has 10 rings (SSSR count). The normalized spacial score (nSPS) is 11.0. The molecule has 0 N–H and O–H groups in total. The number of nitrogens with zero attached hydrogens (tertiary/aromatic N) is 1. The summed E-state index contributed by atoms with van der Waals surface area (Å²) >= 11 is 0. The lowest BCUT2D eigenvalue weighted by Crippen LogP contribution is -2.12. The minimum absolute atomic E-state index is 1.07. The van der Waals surface area contributed by atoms with Crippen LogP contribution in [0.4, 0.5) is 17.1 Å². The molecule has 0 aliphatic rings. The van der Waals surface area contributed by atoms with Gasteiger partial charge in [0.15, 0.2) is 0 Å². The van der Waals surface area contributed by atoms with E-state index in [1.54, 1.807) is 0 Å². The predicted molar refractivity (Wildman–Crippen MR) is 259 cm³/mol. The van der Waals surface area contributed by atoms with Crippen molar-refractivity contribution in [2.24, 2.45) is 0 Å². The second kappa shape index (κ2) is 17.1. The van der Waals surface area contributed by atoms with Crippen molar-refractivity contribution in [1.82, 2.24) is 0 Å². The summed E-state index contributed by atoms with van der Waals surface area (Å²) in [5.74, 6) is 0. The molecule has 0 saturated heterocycles. The molecule has 0 aliphatic heterocycles. The highest BCUT2D eigenvalue weighted by Crippen LogP contribution is 2.48. The van der Waals surface area contributed by atoms with E-state index in [1.807, 2.05) is 0 Å². The van der Waals surface area contributed by atoms with Crippen molar-refractivity contribution in [3.63, 3.8) is 0 Å². The van der Waals surface area contributed by atoms with Gasteiger partial charge in [0.25, 0.3) is 0 Å². The summed E-state index contributed by atoms with van der Waals surface area (Å²) in [6, 6.07) is 94.0. The van der Waals surface area contributed by atoms with Crippen LogP contribution in [0.15, 0.2) is 261 Å². The van der Waals surface area contributed by atoms with Crippen LogP contribution >= 0.6 is 0 Å². The Morgan fingerprint density at radius 1 is 0.164 bits per heavy atom. The molecule has 1 heteroatoms. The molecular weight excluding hydrogens is 735 g/mol. The number of rotatable bonds is 10. The monoisotopic (exact) mass is 777 g/mol. The Morgan fingerprint density at radius 3 is 0.934 bits per heavy atom. The van der Waals surface area contributed by atoms with Gasteiger partial charge in [-0.1, -0.05) is 237 Å². The molecule has 0 aromatic heterocycles. The summed E-state index contributed by atoms with van der Waals surface area (Å²) in [5.41, 5.74) is 19.9. The smallest absolute Gasteiger partial charge is 0.0540 e. The molecule has 0 amide bonds. The summed E-state index contributed by atoms with van der Waals surface area (Å²) in [5, 5.41) is 0. The Hall–Kier alpha value is -8.00. The topological polar surface area (TPSA) is 3.24 Å². The van der Waals surface area contributed by atoms with Crippen LogP contribution in [0.1, 0.15) is 0 Å². The van der Waals surface area contributed by atoms with Crippen LogP contribution in [-0.2, 0) is 0 Å². The molecule has 0 unspecified atom stereocenters. The fourth-order valence-electron chi connectivity index (χ4n) is 8.62. The standard InChI is InChI=1S/C60H43N/c1-4-20-44(21-5-1)45-36-38-49(39-37-45)54-29-16-18-34-59(54)61(50-42-40-48(41-43-50)52-27-11-10-26-51(52)46-22-6-2-7-23-46)60-35-19-17-33-58(60)57-32-15-14-31-56(57)55-30-13-12-28-53(55)47-24-8-3-9-25-47/h1-43H. The number of hydrogen-bond donors (Lipinski definition) is 0. The van der Waals surface area contributed by atoms with Gasteiger partial charge in [-0.15, -0.1) is 0 Å². The molecule has 0 radical (unpaired) electrons. The molecule has 0 atom stereocenters. The molecule has 0 bridgehead atoms. The summed E-state index contributed by atoms with van der Waals surface area (Å²) < 4.78 is 0. The van der Waals surface area contributed by atoms with E-state index in [2.05, 4.69) is 266 Å². The van der Waals surface area contributed by atoms with Crippen LogP contribution < -0.4 is 4.90 Å². The van der Waals surface area contributed by atoms with Gasteiger partial charge in [0.2, 0.25) is 0 Å². The van der Waals surface area contributed by atoms with Gasteiger partial charge in [0.1, 0.15) is 0 Å². The third-order valence-electron chi connectivity index (χ3n) is 11.6. The second-order valence-corrected chi connectivity index (χ2v) is 15.2. The van der Waals surface area contributed by atoms with Crippen molar-refractivity contribution in [2.75, 3.05) is 4.90 Å². The zero-order valence-corrected chi connectivity index (χ0v) is 33.8. The van der Waals surface area contributed by atoms with Gasteiger partial charge >= 0.3 is 0 Å². The third kappa shape index (κ3) is 7.58. The molecule has 10 aromatic rings. The second-order valence-electron chi connectivity index (χ2n) is 15.2. The molecule has 0 fully saturated rings. The lowest BCUT2D eigenvalue weighted by atomic mass is 9.88.